The lowest BCUT2D eigenvalue weighted by Gasteiger charge is -2.33. The highest BCUT2D eigenvalue weighted by atomic mass is 16.1. The fourth-order valence-electron chi connectivity index (χ4n) is 2.83. The third-order valence-corrected chi connectivity index (χ3v) is 3.89. The molecule has 1 aliphatic heterocycles. The normalized spacial score (nSPS) is 26.4. The number of piperidine rings is 1. The quantitative estimate of drug-likeness (QED) is 0.806. The van der Waals surface area contributed by atoms with Crippen LogP contribution in [-0.4, -0.2) is 19.4 Å². The molecular weight excluding hydrogens is 210 g/mol. The Morgan fingerprint density at radius 1 is 1.41 bits per heavy atom. The van der Waals surface area contributed by atoms with Gasteiger partial charge in [-0.05, 0) is 43.3 Å². The summed E-state index contributed by atoms with van der Waals surface area (Å²) < 4.78 is 0. The maximum Gasteiger partial charge on any atom is 0.123 e. The Morgan fingerprint density at radius 3 is 2.88 bits per heavy atom. The van der Waals surface area contributed by atoms with E-state index in [1.54, 1.807) is 0 Å². The molecule has 0 aliphatic carbocycles. The van der Waals surface area contributed by atoms with Gasteiger partial charge in [0.05, 0.1) is 0 Å². The van der Waals surface area contributed by atoms with Crippen molar-refractivity contribution < 1.29 is 4.79 Å². The standard InChI is InChI=1S/C15H21NO/c1-12(9-13-5-3-2-4-6-13)15-10-16-8-7-14(15)11-17/h2-6,11-12,14-16H,7-10H2,1H3. The maximum absolute atomic E-state index is 11.1. The topological polar surface area (TPSA) is 29.1 Å². The van der Waals surface area contributed by atoms with Crippen LogP contribution in [0.1, 0.15) is 18.9 Å². The van der Waals surface area contributed by atoms with E-state index in [9.17, 15) is 4.79 Å². The van der Waals surface area contributed by atoms with Crippen LogP contribution in [0.2, 0.25) is 0 Å². The smallest absolute Gasteiger partial charge is 0.123 e. The van der Waals surface area contributed by atoms with Gasteiger partial charge >= 0.3 is 0 Å². The first-order chi connectivity index (χ1) is 8.31. The molecule has 3 unspecified atom stereocenters. The zero-order chi connectivity index (χ0) is 12.1. The van der Waals surface area contributed by atoms with Crippen molar-refractivity contribution in [2.45, 2.75) is 19.8 Å². The van der Waals surface area contributed by atoms with Gasteiger partial charge in [0.1, 0.15) is 6.29 Å². The molecule has 2 rings (SSSR count). The fourth-order valence-corrected chi connectivity index (χ4v) is 2.83. The van der Waals surface area contributed by atoms with E-state index in [0.717, 1.165) is 32.2 Å². The van der Waals surface area contributed by atoms with Crippen molar-refractivity contribution in [2.24, 2.45) is 17.8 Å². The molecule has 1 aromatic rings. The molecule has 1 aromatic carbocycles. The van der Waals surface area contributed by atoms with E-state index in [1.165, 1.54) is 5.56 Å². The molecule has 0 saturated carbocycles. The minimum absolute atomic E-state index is 0.245. The second kappa shape index (κ2) is 5.97. The SMILES string of the molecule is CC(Cc1ccccc1)C1CNCCC1C=O. The van der Waals surface area contributed by atoms with Crippen molar-refractivity contribution in [3.63, 3.8) is 0 Å². The summed E-state index contributed by atoms with van der Waals surface area (Å²) in [6, 6.07) is 10.5. The Morgan fingerprint density at radius 2 is 2.18 bits per heavy atom. The zero-order valence-electron chi connectivity index (χ0n) is 10.4. The van der Waals surface area contributed by atoms with E-state index in [0.29, 0.717) is 11.8 Å². The average molecular weight is 231 g/mol. The van der Waals surface area contributed by atoms with Gasteiger partial charge in [0, 0.05) is 5.92 Å². The van der Waals surface area contributed by atoms with Crippen LogP contribution in [0, 0.1) is 17.8 Å². The maximum atomic E-state index is 11.1. The summed E-state index contributed by atoms with van der Waals surface area (Å²) in [5.41, 5.74) is 1.37. The van der Waals surface area contributed by atoms with Crippen LogP contribution in [0.4, 0.5) is 0 Å². The van der Waals surface area contributed by atoms with Gasteiger partial charge < -0.3 is 10.1 Å². The van der Waals surface area contributed by atoms with Gasteiger partial charge in [-0.2, -0.15) is 0 Å². The highest BCUT2D eigenvalue weighted by Gasteiger charge is 2.28. The third kappa shape index (κ3) is 3.16. The molecule has 92 valence electrons. The fraction of sp³-hybridized carbons (Fsp3) is 0.533. The summed E-state index contributed by atoms with van der Waals surface area (Å²) in [5.74, 6) is 1.29. The number of hydrogen-bond donors (Lipinski definition) is 1. The number of rotatable bonds is 4. The highest BCUT2D eigenvalue weighted by Crippen LogP contribution is 2.27. The van der Waals surface area contributed by atoms with Crippen LogP contribution in [-0.2, 0) is 11.2 Å². The zero-order valence-corrected chi connectivity index (χ0v) is 10.4. The monoisotopic (exact) mass is 231 g/mol. The molecule has 2 nitrogen and oxygen atoms in total. The lowest BCUT2D eigenvalue weighted by molar-refractivity contribution is -0.113. The Kier molecular flexibility index (Phi) is 4.32. The Labute approximate surface area is 103 Å². The van der Waals surface area contributed by atoms with Gasteiger partial charge in [-0.15, -0.1) is 0 Å². The largest absolute Gasteiger partial charge is 0.316 e. The molecule has 1 heterocycles. The van der Waals surface area contributed by atoms with E-state index in [4.69, 9.17) is 0 Å². The van der Waals surface area contributed by atoms with Gasteiger partial charge in [0.25, 0.3) is 0 Å². The summed E-state index contributed by atoms with van der Waals surface area (Å²) in [6.45, 7) is 4.23. The van der Waals surface area contributed by atoms with Gasteiger partial charge in [-0.3, -0.25) is 0 Å². The first-order valence-corrected chi connectivity index (χ1v) is 6.51. The van der Waals surface area contributed by atoms with Gasteiger partial charge in [0.2, 0.25) is 0 Å². The molecule has 0 bridgehead atoms. The number of carbonyl (C=O) groups is 1. The summed E-state index contributed by atoms with van der Waals surface area (Å²) >= 11 is 0. The molecule has 17 heavy (non-hydrogen) atoms. The van der Waals surface area contributed by atoms with E-state index < -0.39 is 0 Å². The van der Waals surface area contributed by atoms with Crippen molar-refractivity contribution in [1.82, 2.24) is 5.32 Å². The lowest BCUT2D eigenvalue weighted by atomic mass is 9.77. The van der Waals surface area contributed by atoms with Crippen molar-refractivity contribution in [3.05, 3.63) is 35.9 Å². The van der Waals surface area contributed by atoms with Crippen LogP contribution >= 0.6 is 0 Å². The van der Waals surface area contributed by atoms with Crippen LogP contribution in [0.3, 0.4) is 0 Å². The lowest BCUT2D eigenvalue weighted by Crippen LogP contribution is -2.41. The molecule has 0 aromatic heterocycles. The molecule has 3 atom stereocenters. The molecule has 1 fully saturated rings. The van der Waals surface area contributed by atoms with Crippen molar-refractivity contribution >= 4 is 6.29 Å². The van der Waals surface area contributed by atoms with E-state index in [1.807, 2.05) is 6.07 Å². The molecular formula is C15H21NO. The minimum atomic E-state index is 0.245. The van der Waals surface area contributed by atoms with Crippen LogP contribution in [0.15, 0.2) is 30.3 Å². The molecule has 1 N–H and O–H groups in total. The molecule has 0 radical (unpaired) electrons. The van der Waals surface area contributed by atoms with Crippen molar-refractivity contribution in [1.29, 1.82) is 0 Å². The summed E-state index contributed by atoms with van der Waals surface area (Å²) in [6.07, 6.45) is 3.22. The average Bonchev–Trinajstić information content (AvgIpc) is 2.40. The Bertz CT molecular complexity index is 349. The number of benzene rings is 1. The first-order valence-electron chi connectivity index (χ1n) is 6.51. The number of nitrogens with one attached hydrogen (secondary N) is 1. The number of carbonyl (C=O) groups excluding carboxylic acids is 1. The predicted molar refractivity (Wildman–Crippen MR) is 69.8 cm³/mol. The van der Waals surface area contributed by atoms with Gasteiger partial charge in [-0.1, -0.05) is 37.3 Å². The molecule has 1 saturated heterocycles. The minimum Gasteiger partial charge on any atom is -0.316 e. The Hall–Kier alpha value is -1.15. The molecule has 0 spiro atoms. The van der Waals surface area contributed by atoms with Crippen LogP contribution < -0.4 is 5.32 Å². The number of aldehydes is 1. The Balaban J connectivity index is 1.98. The van der Waals surface area contributed by atoms with Crippen LogP contribution in [0.5, 0.6) is 0 Å². The van der Waals surface area contributed by atoms with E-state index in [2.05, 4.69) is 36.5 Å². The van der Waals surface area contributed by atoms with Crippen LogP contribution in [0.25, 0.3) is 0 Å². The summed E-state index contributed by atoms with van der Waals surface area (Å²) in [4.78, 5) is 11.1. The third-order valence-electron chi connectivity index (χ3n) is 3.89. The van der Waals surface area contributed by atoms with Crippen molar-refractivity contribution in [2.75, 3.05) is 13.1 Å². The van der Waals surface area contributed by atoms with Gasteiger partial charge in [-0.25, -0.2) is 0 Å². The second-order valence-electron chi connectivity index (χ2n) is 5.12. The summed E-state index contributed by atoms with van der Waals surface area (Å²) in [7, 11) is 0. The summed E-state index contributed by atoms with van der Waals surface area (Å²) in [5, 5.41) is 3.41. The molecule has 2 heteroatoms. The predicted octanol–water partition coefficient (Wildman–Crippen LogP) is 2.29. The second-order valence-corrected chi connectivity index (χ2v) is 5.12. The van der Waals surface area contributed by atoms with Crippen molar-refractivity contribution in [3.8, 4) is 0 Å². The van der Waals surface area contributed by atoms with Gasteiger partial charge in [0.15, 0.2) is 0 Å². The van der Waals surface area contributed by atoms with E-state index >= 15 is 0 Å². The molecule has 1 aliphatic rings. The first kappa shape index (κ1) is 12.3. The van der Waals surface area contributed by atoms with E-state index in [-0.39, 0.29) is 5.92 Å². The molecule has 0 amide bonds. The number of hydrogen-bond acceptors (Lipinski definition) is 2. The highest BCUT2D eigenvalue weighted by molar-refractivity contribution is 5.54.